The fraction of sp³-hybridized carbons (Fsp3) is 0.0833. The maximum atomic E-state index is 13.8. The first-order valence-electron chi connectivity index (χ1n) is 9.59. The largest absolute Gasteiger partial charge is 0.482 e. The summed E-state index contributed by atoms with van der Waals surface area (Å²) in [7, 11) is 0. The Bertz CT molecular complexity index is 1380. The van der Waals surface area contributed by atoms with E-state index in [-0.39, 0.29) is 16.9 Å². The van der Waals surface area contributed by atoms with Crippen LogP contribution >= 0.6 is 0 Å². The Morgan fingerprint density at radius 3 is 2.36 bits per heavy atom. The van der Waals surface area contributed by atoms with Gasteiger partial charge in [-0.1, -0.05) is 48.5 Å². The Morgan fingerprint density at radius 2 is 1.67 bits per heavy atom. The van der Waals surface area contributed by atoms with Gasteiger partial charge in [0, 0.05) is 11.6 Å². The number of hydrogen-bond donors (Lipinski definition) is 1. The quantitative estimate of drug-likeness (QED) is 0.399. The third-order valence-corrected chi connectivity index (χ3v) is 4.63. The summed E-state index contributed by atoms with van der Waals surface area (Å²) in [5.41, 5.74) is -0.273. The standard InChI is InChI=1S/C24H15F3O6/c25-24(26,27)23-22(32-18-9-5-4-8-16(18)14-6-2-1-3-7-14)21(30)17-11-10-15(12-19(17)33-23)31-13-20(28)29/h1-12H,13H2,(H,28,29). The number of halogens is 3. The van der Waals surface area contributed by atoms with Crippen molar-refractivity contribution in [2.75, 3.05) is 6.61 Å². The Hall–Kier alpha value is -4.27. The van der Waals surface area contributed by atoms with Crippen molar-refractivity contribution in [3.8, 4) is 28.4 Å². The van der Waals surface area contributed by atoms with Gasteiger partial charge in [-0.2, -0.15) is 13.2 Å². The molecule has 1 aromatic heterocycles. The highest BCUT2D eigenvalue weighted by Crippen LogP contribution is 2.40. The van der Waals surface area contributed by atoms with Crippen LogP contribution in [0.15, 0.2) is 82.0 Å². The monoisotopic (exact) mass is 456 g/mol. The number of fused-ring (bicyclic) bond motifs is 1. The minimum absolute atomic E-state index is 0.0438. The molecule has 9 heteroatoms. The maximum absolute atomic E-state index is 13.8. The maximum Gasteiger partial charge on any atom is 0.453 e. The van der Waals surface area contributed by atoms with E-state index in [0.29, 0.717) is 11.1 Å². The Morgan fingerprint density at radius 1 is 0.970 bits per heavy atom. The van der Waals surface area contributed by atoms with Crippen LogP contribution in [0, 0.1) is 0 Å². The number of rotatable bonds is 6. The van der Waals surface area contributed by atoms with Crippen LogP contribution in [0.1, 0.15) is 5.76 Å². The average molecular weight is 456 g/mol. The van der Waals surface area contributed by atoms with E-state index >= 15 is 0 Å². The van der Waals surface area contributed by atoms with E-state index in [4.69, 9.17) is 19.0 Å². The predicted octanol–water partition coefficient (Wildman–Crippen LogP) is 5.73. The molecule has 33 heavy (non-hydrogen) atoms. The zero-order valence-corrected chi connectivity index (χ0v) is 16.8. The van der Waals surface area contributed by atoms with Gasteiger partial charge in [0.05, 0.1) is 5.39 Å². The number of carboxylic acids is 1. The lowest BCUT2D eigenvalue weighted by molar-refractivity contribution is -0.154. The zero-order valence-electron chi connectivity index (χ0n) is 16.8. The molecule has 0 saturated carbocycles. The number of carboxylic acid groups (broad SMARTS) is 1. The van der Waals surface area contributed by atoms with E-state index in [1.807, 2.05) is 0 Å². The van der Waals surface area contributed by atoms with E-state index in [0.717, 1.165) is 6.07 Å². The fourth-order valence-electron chi connectivity index (χ4n) is 3.19. The number of aliphatic carboxylic acids is 1. The summed E-state index contributed by atoms with van der Waals surface area (Å²) >= 11 is 0. The second-order valence-corrected chi connectivity index (χ2v) is 6.89. The zero-order chi connectivity index (χ0) is 23.6. The fourth-order valence-corrected chi connectivity index (χ4v) is 3.19. The number of ether oxygens (including phenoxy) is 2. The van der Waals surface area contributed by atoms with E-state index < -0.39 is 41.3 Å². The second-order valence-electron chi connectivity index (χ2n) is 6.89. The summed E-state index contributed by atoms with van der Waals surface area (Å²) in [5.74, 6) is -3.91. The first-order chi connectivity index (χ1) is 15.7. The normalized spacial score (nSPS) is 11.4. The van der Waals surface area contributed by atoms with E-state index in [1.165, 1.54) is 18.2 Å². The van der Waals surface area contributed by atoms with Crippen LogP contribution < -0.4 is 14.9 Å². The topological polar surface area (TPSA) is 86.0 Å². The molecule has 0 unspecified atom stereocenters. The summed E-state index contributed by atoms with van der Waals surface area (Å²) < 4.78 is 57.0. The molecular formula is C24H15F3O6. The van der Waals surface area contributed by atoms with Crippen LogP contribution in [-0.4, -0.2) is 17.7 Å². The molecule has 168 valence electrons. The molecule has 0 bridgehead atoms. The van der Waals surface area contributed by atoms with Gasteiger partial charge < -0.3 is 19.0 Å². The molecule has 0 fully saturated rings. The van der Waals surface area contributed by atoms with Gasteiger partial charge in [-0.15, -0.1) is 0 Å². The molecule has 1 heterocycles. The van der Waals surface area contributed by atoms with Crippen molar-refractivity contribution in [2.24, 2.45) is 0 Å². The summed E-state index contributed by atoms with van der Waals surface area (Å²) in [4.78, 5) is 23.7. The van der Waals surface area contributed by atoms with Gasteiger partial charge in [0.2, 0.25) is 11.2 Å². The van der Waals surface area contributed by atoms with E-state index in [2.05, 4.69) is 0 Å². The third-order valence-electron chi connectivity index (χ3n) is 4.63. The smallest absolute Gasteiger partial charge is 0.453 e. The molecule has 0 atom stereocenters. The highest BCUT2D eigenvalue weighted by Gasteiger charge is 2.40. The van der Waals surface area contributed by atoms with E-state index in [1.54, 1.807) is 48.5 Å². The van der Waals surface area contributed by atoms with Crippen LogP contribution in [0.5, 0.6) is 17.2 Å². The van der Waals surface area contributed by atoms with Gasteiger partial charge >= 0.3 is 12.1 Å². The van der Waals surface area contributed by atoms with Crippen LogP contribution in [0.3, 0.4) is 0 Å². The molecule has 4 rings (SSSR count). The highest BCUT2D eigenvalue weighted by molar-refractivity contribution is 5.80. The van der Waals surface area contributed by atoms with Crippen molar-refractivity contribution >= 4 is 16.9 Å². The molecule has 0 aliphatic carbocycles. The first kappa shape index (κ1) is 21.9. The van der Waals surface area contributed by atoms with Gasteiger partial charge in [-0.05, 0) is 23.8 Å². The minimum Gasteiger partial charge on any atom is -0.482 e. The number of hydrogen-bond acceptors (Lipinski definition) is 5. The highest BCUT2D eigenvalue weighted by atomic mass is 19.4. The van der Waals surface area contributed by atoms with Gasteiger partial charge in [0.1, 0.15) is 17.1 Å². The van der Waals surface area contributed by atoms with Gasteiger partial charge in [-0.3, -0.25) is 4.79 Å². The predicted molar refractivity (Wildman–Crippen MR) is 113 cm³/mol. The summed E-state index contributed by atoms with van der Waals surface area (Å²) in [6.45, 7) is -0.709. The second kappa shape index (κ2) is 8.70. The van der Waals surface area contributed by atoms with Crippen LogP contribution in [0.4, 0.5) is 13.2 Å². The van der Waals surface area contributed by atoms with E-state index in [9.17, 15) is 22.8 Å². The molecule has 0 radical (unpaired) electrons. The Labute approximate surface area is 184 Å². The molecule has 0 amide bonds. The van der Waals surface area contributed by atoms with Crippen molar-refractivity contribution in [2.45, 2.75) is 6.18 Å². The lowest BCUT2D eigenvalue weighted by Gasteiger charge is -2.15. The molecule has 1 N–H and O–H groups in total. The van der Waals surface area contributed by atoms with Crippen molar-refractivity contribution in [1.29, 1.82) is 0 Å². The average Bonchev–Trinajstić information content (AvgIpc) is 2.79. The van der Waals surface area contributed by atoms with Crippen molar-refractivity contribution in [1.82, 2.24) is 0 Å². The number of carbonyl (C=O) groups is 1. The number of benzene rings is 3. The van der Waals surface area contributed by atoms with Crippen LogP contribution in [-0.2, 0) is 11.0 Å². The van der Waals surface area contributed by atoms with Crippen molar-refractivity contribution in [3.05, 3.63) is 88.8 Å². The molecule has 0 aliphatic heterocycles. The number of para-hydroxylation sites is 1. The number of alkyl halides is 3. The van der Waals surface area contributed by atoms with Gasteiger partial charge in [0.25, 0.3) is 5.76 Å². The summed E-state index contributed by atoms with van der Waals surface area (Å²) in [6, 6.07) is 18.7. The molecule has 6 nitrogen and oxygen atoms in total. The van der Waals surface area contributed by atoms with Crippen molar-refractivity contribution < 1.29 is 37.0 Å². The summed E-state index contributed by atoms with van der Waals surface area (Å²) in [6.07, 6.45) is -5.04. The lowest BCUT2D eigenvalue weighted by atomic mass is 10.0. The van der Waals surface area contributed by atoms with Gasteiger partial charge in [-0.25, -0.2) is 4.79 Å². The Kier molecular flexibility index (Phi) is 5.78. The first-order valence-corrected chi connectivity index (χ1v) is 9.59. The molecular weight excluding hydrogens is 441 g/mol. The molecule has 0 spiro atoms. The van der Waals surface area contributed by atoms with Crippen LogP contribution in [0.2, 0.25) is 0 Å². The minimum atomic E-state index is -5.04. The molecule has 3 aromatic carbocycles. The van der Waals surface area contributed by atoms with Crippen LogP contribution in [0.25, 0.3) is 22.1 Å². The summed E-state index contributed by atoms with van der Waals surface area (Å²) in [5, 5.41) is 8.52. The molecule has 4 aromatic rings. The Balaban J connectivity index is 1.85. The lowest BCUT2D eigenvalue weighted by Crippen LogP contribution is -2.16. The SMILES string of the molecule is O=C(O)COc1ccc2c(=O)c(Oc3ccccc3-c3ccccc3)c(C(F)(F)F)oc2c1. The van der Waals surface area contributed by atoms with Crippen molar-refractivity contribution in [3.63, 3.8) is 0 Å². The third kappa shape index (κ3) is 4.67. The molecule has 0 saturated heterocycles. The van der Waals surface area contributed by atoms with Gasteiger partial charge in [0.15, 0.2) is 6.61 Å². The molecule has 0 aliphatic rings.